The Kier molecular flexibility index (Phi) is 5.04. The molecular formula is CH3ClMgO. The van der Waals surface area contributed by atoms with Crippen molar-refractivity contribution in [2.75, 3.05) is 4.74 Å². The maximum atomic E-state index is 7.80. The van der Waals surface area contributed by atoms with Crippen LogP contribution in [0.15, 0.2) is 0 Å². The lowest BCUT2D eigenvalue weighted by Crippen LogP contribution is -1.82. The first-order valence-corrected chi connectivity index (χ1v) is 4.22. The molecule has 0 spiro atoms. The summed E-state index contributed by atoms with van der Waals surface area (Å²) in [5.74, 6) is 0. The molecule has 0 saturated carbocycles. The zero-order chi connectivity index (χ0) is 3.41. The van der Waals surface area contributed by atoms with Crippen LogP contribution < -0.4 is 0 Å². The van der Waals surface area contributed by atoms with E-state index in [0.717, 1.165) is 0 Å². The second-order valence-corrected chi connectivity index (χ2v) is 2.37. The number of halogens is 1. The predicted octanol–water partition coefficient (Wildman–Crippen LogP) is -0.206. The maximum absolute atomic E-state index is 7.80. The Morgan fingerprint density at radius 1 is 2.00 bits per heavy atom. The van der Waals surface area contributed by atoms with Crippen LogP contribution in [0.5, 0.6) is 0 Å². The summed E-state index contributed by atoms with van der Waals surface area (Å²) < 4.78 is 0.224. The molecule has 0 aromatic carbocycles. The lowest BCUT2D eigenvalue weighted by molar-refractivity contribution is 0.368. The van der Waals surface area contributed by atoms with Crippen molar-refractivity contribution < 1.29 is 5.11 Å². The third-order valence-electron chi connectivity index (χ3n) is 0.0845. The summed E-state index contributed by atoms with van der Waals surface area (Å²) in [6.07, 6.45) is 0. The molecule has 0 rings (SSSR count). The van der Waals surface area contributed by atoms with Crippen molar-refractivity contribution in [1.82, 2.24) is 0 Å². The molecule has 1 nitrogen and oxygen atoms in total. The van der Waals surface area contributed by atoms with Crippen LogP contribution in [-0.4, -0.2) is 29.1 Å². The third kappa shape index (κ3) is 3.02. The molecule has 0 aliphatic heterocycles. The summed E-state index contributed by atoms with van der Waals surface area (Å²) in [7, 11) is 5.07. The number of hydrogen-bond donors (Lipinski definition) is 1. The Labute approximate surface area is 38.5 Å². The summed E-state index contributed by atoms with van der Waals surface area (Å²) in [6, 6.07) is 0. The Bertz CT molecular complexity index is 10.0. The Balaban J connectivity index is 1.97. The lowest BCUT2D eigenvalue weighted by Gasteiger charge is -1.61. The largest absolute Gasteiger partial charge is 0.532 e. The molecule has 0 aromatic heterocycles. The molecular weight excluding hydrogens is 87.8 g/mol. The Morgan fingerprint density at radius 3 is 2.25 bits per heavy atom. The van der Waals surface area contributed by atoms with Crippen molar-refractivity contribution in [3.63, 3.8) is 0 Å². The van der Waals surface area contributed by atoms with Gasteiger partial charge in [0.15, 0.2) is 0 Å². The van der Waals surface area contributed by atoms with Crippen LogP contribution in [-0.2, 0) is 0 Å². The summed E-state index contributed by atoms with van der Waals surface area (Å²) in [6.45, 7) is 0. The SMILES string of the molecule is O[CH2][Mg][Cl]. The second-order valence-electron chi connectivity index (χ2n) is 0.413. The van der Waals surface area contributed by atoms with E-state index in [0.29, 0.717) is 0 Å². The fourth-order valence-corrected chi connectivity index (χ4v) is 0. The highest BCUT2D eigenvalue weighted by molar-refractivity contribution is 6.93. The van der Waals surface area contributed by atoms with Crippen molar-refractivity contribution in [2.45, 2.75) is 0 Å². The molecule has 22 valence electrons. The van der Waals surface area contributed by atoms with Gasteiger partial charge in [-0.1, -0.05) is 0 Å². The number of aliphatic hydroxyl groups excluding tert-OH is 1. The zero-order valence-electron chi connectivity index (χ0n) is 2.24. The van der Waals surface area contributed by atoms with E-state index in [1.807, 2.05) is 0 Å². The van der Waals surface area contributed by atoms with E-state index in [9.17, 15) is 0 Å². The highest BCUT2D eigenvalue weighted by Gasteiger charge is 1.76. The van der Waals surface area contributed by atoms with E-state index in [1.165, 1.54) is 0 Å². The molecule has 3 heteroatoms. The first kappa shape index (κ1) is 5.02. The topological polar surface area (TPSA) is 20.2 Å². The van der Waals surface area contributed by atoms with Gasteiger partial charge >= 0.3 is 19.3 Å². The van der Waals surface area contributed by atoms with Crippen LogP contribution in [0.2, 0.25) is 0 Å². The van der Waals surface area contributed by atoms with Crippen molar-refractivity contribution in [2.24, 2.45) is 0 Å². The summed E-state index contributed by atoms with van der Waals surface area (Å²) in [5, 5.41) is 7.80. The van der Waals surface area contributed by atoms with E-state index < -0.39 is 19.3 Å². The van der Waals surface area contributed by atoms with Crippen LogP contribution in [0, 0.1) is 0 Å². The summed E-state index contributed by atoms with van der Waals surface area (Å²) in [5.41, 5.74) is 0. The quantitative estimate of drug-likeness (QED) is 0.442. The third-order valence-corrected chi connectivity index (χ3v) is 0.761. The minimum atomic E-state index is -0.548. The van der Waals surface area contributed by atoms with Gasteiger partial charge in [-0.2, -0.15) is 0 Å². The molecule has 4 heavy (non-hydrogen) atoms. The molecule has 1 N–H and O–H groups in total. The molecule has 0 heterocycles. The normalized spacial score (nSPS) is 5.50. The first-order valence-electron chi connectivity index (χ1n) is 1.08. The van der Waals surface area contributed by atoms with Gasteiger partial charge < -0.3 is 14.2 Å². The molecule has 0 unspecified atom stereocenters. The molecule has 0 aromatic rings. The lowest BCUT2D eigenvalue weighted by atomic mass is 11.7. The molecule has 0 fully saturated rings. The average Bonchev–Trinajstić information content (AvgIpc) is 1.37. The molecule has 0 radical (unpaired) electrons. The van der Waals surface area contributed by atoms with Gasteiger partial charge in [0.1, 0.15) is 0 Å². The van der Waals surface area contributed by atoms with E-state index in [2.05, 4.69) is 0 Å². The van der Waals surface area contributed by atoms with Crippen LogP contribution in [0.3, 0.4) is 0 Å². The molecule has 0 atom stereocenters. The fraction of sp³-hybridized carbons (Fsp3) is 1.00. The number of aliphatic hydroxyl groups is 1. The average molecular weight is 90.8 g/mol. The molecule has 0 amide bonds. The van der Waals surface area contributed by atoms with E-state index in [4.69, 9.17) is 14.2 Å². The number of hydrogen-bond acceptors (Lipinski definition) is 1. The summed E-state index contributed by atoms with van der Waals surface area (Å²) in [4.78, 5) is 0. The van der Waals surface area contributed by atoms with Gasteiger partial charge in [-0.25, -0.2) is 0 Å². The van der Waals surface area contributed by atoms with E-state index in [-0.39, 0.29) is 4.74 Å². The first-order chi connectivity index (χ1) is 1.91. The minimum Gasteiger partial charge on any atom is -0.422 e. The predicted molar refractivity (Wildman–Crippen MR) is 18.7 cm³/mol. The van der Waals surface area contributed by atoms with Gasteiger partial charge in [-0.3, -0.25) is 0 Å². The second kappa shape index (κ2) is 4.02. The maximum Gasteiger partial charge on any atom is 0.532 e. The molecule has 0 saturated heterocycles. The van der Waals surface area contributed by atoms with Crippen LogP contribution >= 0.6 is 9.07 Å². The van der Waals surface area contributed by atoms with Gasteiger partial charge in [0.05, 0.1) is 0 Å². The van der Waals surface area contributed by atoms with Gasteiger partial charge in [-0.05, 0) is 4.74 Å². The van der Waals surface area contributed by atoms with E-state index >= 15 is 0 Å². The van der Waals surface area contributed by atoms with Crippen molar-refractivity contribution >= 4 is 28.3 Å². The minimum absolute atomic E-state index is 0.224. The van der Waals surface area contributed by atoms with Gasteiger partial charge in [0.25, 0.3) is 0 Å². The van der Waals surface area contributed by atoms with Crippen LogP contribution in [0.4, 0.5) is 0 Å². The van der Waals surface area contributed by atoms with Crippen LogP contribution in [0.25, 0.3) is 0 Å². The van der Waals surface area contributed by atoms with Gasteiger partial charge in [-0.15, -0.1) is 0 Å². The van der Waals surface area contributed by atoms with Crippen molar-refractivity contribution in [1.29, 1.82) is 0 Å². The summed E-state index contributed by atoms with van der Waals surface area (Å²) >= 11 is -0.548. The van der Waals surface area contributed by atoms with Gasteiger partial charge in [0, 0.05) is 0 Å². The highest BCUT2D eigenvalue weighted by atomic mass is 35.5. The monoisotopic (exact) mass is 90.0 g/mol. The van der Waals surface area contributed by atoms with Gasteiger partial charge in [0.2, 0.25) is 0 Å². The van der Waals surface area contributed by atoms with Crippen molar-refractivity contribution in [3.8, 4) is 0 Å². The molecule has 0 aliphatic carbocycles. The van der Waals surface area contributed by atoms with Crippen LogP contribution in [0.1, 0.15) is 0 Å². The molecule has 0 bridgehead atoms. The number of rotatable bonds is 1. The fourth-order valence-electron chi connectivity index (χ4n) is 0. The standard InChI is InChI=1S/CH3O.ClH.Mg/c1-2;;/h2H,1H2;1H;/q;;+1/p-1. The van der Waals surface area contributed by atoms with Crippen molar-refractivity contribution in [3.05, 3.63) is 0 Å². The Hall–Kier alpha value is 1.02. The van der Waals surface area contributed by atoms with E-state index in [1.54, 1.807) is 0 Å². The Morgan fingerprint density at radius 2 is 2.25 bits per heavy atom. The molecule has 0 aliphatic rings. The zero-order valence-corrected chi connectivity index (χ0v) is 4.41. The smallest absolute Gasteiger partial charge is 0.422 e. The highest BCUT2D eigenvalue weighted by Crippen LogP contribution is 1.57.